The van der Waals surface area contributed by atoms with Crippen LogP contribution in [-0.4, -0.2) is 41.9 Å². The van der Waals surface area contributed by atoms with Gasteiger partial charge in [-0.15, -0.1) is 0 Å². The zero-order valence-electron chi connectivity index (χ0n) is 13.0. The smallest absolute Gasteiger partial charge is 0.310 e. The van der Waals surface area contributed by atoms with Crippen molar-refractivity contribution in [2.24, 2.45) is 5.41 Å². The molecule has 1 aromatic carbocycles. The number of sulfonamides is 1. The Bertz CT molecular complexity index is 894. The largest absolute Gasteiger partial charge is 0.481 e. The van der Waals surface area contributed by atoms with Crippen molar-refractivity contribution in [3.8, 4) is 0 Å². The van der Waals surface area contributed by atoms with Crippen LogP contribution < -0.4 is 0 Å². The van der Waals surface area contributed by atoms with Gasteiger partial charge in [0.15, 0.2) is 0 Å². The number of aryl methyl sites for hydroxylation is 1. The normalized spacial score (nSPS) is 22.5. The van der Waals surface area contributed by atoms with Gasteiger partial charge < -0.3 is 5.11 Å². The van der Waals surface area contributed by atoms with Crippen LogP contribution in [0.5, 0.6) is 0 Å². The van der Waals surface area contributed by atoms with Crippen LogP contribution in [0.2, 0.25) is 0 Å². The first-order valence-electron chi connectivity index (χ1n) is 7.33. The van der Waals surface area contributed by atoms with E-state index in [0.717, 1.165) is 10.9 Å². The number of fused-ring (bicyclic) bond motifs is 1. The average molecular weight is 334 g/mol. The SMILES string of the molecule is Cc1cnc2c(S(=O)(=O)N3CCC(C)(C(=O)O)C3)cccc2c1. The van der Waals surface area contributed by atoms with Gasteiger partial charge in [-0.1, -0.05) is 12.1 Å². The Labute approximate surface area is 134 Å². The van der Waals surface area contributed by atoms with E-state index in [1.807, 2.05) is 19.1 Å². The number of benzene rings is 1. The summed E-state index contributed by atoms with van der Waals surface area (Å²) < 4.78 is 27.1. The number of rotatable bonds is 3. The van der Waals surface area contributed by atoms with E-state index in [2.05, 4.69) is 4.98 Å². The summed E-state index contributed by atoms with van der Waals surface area (Å²) >= 11 is 0. The van der Waals surface area contributed by atoms with Gasteiger partial charge in [0.2, 0.25) is 10.0 Å². The number of hydrogen-bond acceptors (Lipinski definition) is 4. The summed E-state index contributed by atoms with van der Waals surface area (Å²) in [6.45, 7) is 3.66. The Balaban J connectivity index is 2.06. The molecule has 0 saturated carbocycles. The Morgan fingerprint density at radius 2 is 2.13 bits per heavy atom. The highest BCUT2D eigenvalue weighted by Gasteiger charge is 2.45. The Hall–Kier alpha value is -1.99. The van der Waals surface area contributed by atoms with Crippen molar-refractivity contribution in [2.75, 3.05) is 13.1 Å². The number of carboxylic acid groups (broad SMARTS) is 1. The third-order valence-corrected chi connectivity index (χ3v) is 6.26. The van der Waals surface area contributed by atoms with Gasteiger partial charge >= 0.3 is 5.97 Å². The molecule has 2 aromatic rings. The third kappa shape index (κ3) is 2.60. The Kier molecular flexibility index (Phi) is 3.65. The average Bonchev–Trinajstić information content (AvgIpc) is 2.91. The number of aromatic nitrogens is 1. The van der Waals surface area contributed by atoms with E-state index in [1.165, 1.54) is 10.4 Å². The zero-order chi connectivity index (χ0) is 16.8. The summed E-state index contributed by atoms with van der Waals surface area (Å²) in [7, 11) is -3.78. The van der Waals surface area contributed by atoms with Gasteiger partial charge in [-0.25, -0.2) is 8.42 Å². The van der Waals surface area contributed by atoms with Crippen molar-refractivity contribution in [1.29, 1.82) is 0 Å². The van der Waals surface area contributed by atoms with Crippen molar-refractivity contribution in [2.45, 2.75) is 25.2 Å². The maximum atomic E-state index is 12.9. The molecule has 0 bridgehead atoms. The molecule has 1 atom stereocenters. The maximum absolute atomic E-state index is 12.9. The number of para-hydroxylation sites is 1. The van der Waals surface area contributed by atoms with Crippen LogP contribution in [-0.2, 0) is 14.8 Å². The highest BCUT2D eigenvalue weighted by molar-refractivity contribution is 7.89. The van der Waals surface area contributed by atoms with Crippen molar-refractivity contribution in [1.82, 2.24) is 9.29 Å². The van der Waals surface area contributed by atoms with Crippen molar-refractivity contribution in [3.05, 3.63) is 36.0 Å². The summed E-state index contributed by atoms with van der Waals surface area (Å²) in [5, 5.41) is 10.1. The fraction of sp³-hybridized carbons (Fsp3) is 0.375. The second-order valence-electron chi connectivity index (χ2n) is 6.29. The summed E-state index contributed by atoms with van der Waals surface area (Å²) in [5.74, 6) is -0.970. The number of hydrogen-bond donors (Lipinski definition) is 1. The molecule has 6 nitrogen and oxygen atoms in total. The Morgan fingerprint density at radius 3 is 2.78 bits per heavy atom. The lowest BCUT2D eigenvalue weighted by molar-refractivity contribution is -0.146. The molecule has 0 radical (unpaired) electrons. The molecule has 0 aliphatic carbocycles. The van der Waals surface area contributed by atoms with Crippen LogP contribution in [0.4, 0.5) is 0 Å². The molecule has 1 fully saturated rings. The molecule has 23 heavy (non-hydrogen) atoms. The molecular weight excluding hydrogens is 316 g/mol. The number of nitrogens with zero attached hydrogens (tertiary/aromatic N) is 2. The zero-order valence-corrected chi connectivity index (χ0v) is 13.8. The minimum Gasteiger partial charge on any atom is -0.481 e. The highest BCUT2D eigenvalue weighted by atomic mass is 32.2. The molecular formula is C16H18N2O4S. The highest BCUT2D eigenvalue weighted by Crippen LogP contribution is 2.35. The summed E-state index contributed by atoms with van der Waals surface area (Å²) in [6, 6.07) is 6.91. The van der Waals surface area contributed by atoms with Crippen LogP contribution in [0, 0.1) is 12.3 Å². The number of pyridine rings is 1. The fourth-order valence-corrected chi connectivity index (χ4v) is 4.62. The van der Waals surface area contributed by atoms with Gasteiger partial charge in [0.25, 0.3) is 0 Å². The van der Waals surface area contributed by atoms with Crippen LogP contribution in [0.25, 0.3) is 10.9 Å². The molecule has 1 saturated heterocycles. The third-order valence-electron chi connectivity index (χ3n) is 4.38. The van der Waals surface area contributed by atoms with Gasteiger partial charge in [0.05, 0.1) is 10.9 Å². The maximum Gasteiger partial charge on any atom is 0.310 e. The summed E-state index contributed by atoms with van der Waals surface area (Å²) in [6.07, 6.45) is 1.94. The van der Waals surface area contributed by atoms with E-state index >= 15 is 0 Å². The van der Waals surface area contributed by atoms with E-state index in [-0.39, 0.29) is 18.0 Å². The summed E-state index contributed by atoms with van der Waals surface area (Å²) in [4.78, 5) is 15.7. The van der Waals surface area contributed by atoms with E-state index in [1.54, 1.807) is 19.2 Å². The van der Waals surface area contributed by atoms with Crippen molar-refractivity contribution >= 4 is 26.9 Å². The minimum absolute atomic E-state index is 0.0209. The number of aliphatic carboxylic acids is 1. The van der Waals surface area contributed by atoms with Crippen LogP contribution in [0.15, 0.2) is 35.4 Å². The molecule has 1 aromatic heterocycles. The van der Waals surface area contributed by atoms with Gasteiger partial charge in [0.1, 0.15) is 4.90 Å². The monoisotopic (exact) mass is 334 g/mol. The molecule has 1 unspecified atom stereocenters. The second-order valence-corrected chi connectivity index (χ2v) is 8.20. The van der Waals surface area contributed by atoms with Crippen molar-refractivity contribution in [3.63, 3.8) is 0 Å². The van der Waals surface area contributed by atoms with Gasteiger partial charge in [0, 0.05) is 24.7 Å². The first-order chi connectivity index (χ1) is 10.7. The molecule has 2 heterocycles. The van der Waals surface area contributed by atoms with Crippen LogP contribution in [0.1, 0.15) is 18.9 Å². The predicted molar refractivity (Wildman–Crippen MR) is 85.6 cm³/mol. The molecule has 0 spiro atoms. The van der Waals surface area contributed by atoms with Gasteiger partial charge in [-0.2, -0.15) is 4.31 Å². The van der Waals surface area contributed by atoms with Crippen LogP contribution >= 0.6 is 0 Å². The molecule has 3 rings (SSSR count). The Morgan fingerprint density at radius 1 is 1.39 bits per heavy atom. The molecule has 1 aliphatic rings. The standard InChI is InChI=1S/C16H18N2O4S/c1-11-8-12-4-3-5-13(14(12)17-9-11)23(21,22)18-7-6-16(2,10-18)15(19)20/h3-5,8-9H,6-7,10H2,1-2H3,(H,19,20). The molecule has 122 valence electrons. The second kappa shape index (κ2) is 5.28. The van der Waals surface area contributed by atoms with Gasteiger partial charge in [-0.05, 0) is 38.0 Å². The summed E-state index contributed by atoms with van der Waals surface area (Å²) in [5.41, 5.74) is 0.329. The lowest BCUT2D eigenvalue weighted by Gasteiger charge is -2.20. The van der Waals surface area contributed by atoms with Gasteiger partial charge in [-0.3, -0.25) is 9.78 Å². The predicted octanol–water partition coefficient (Wildman–Crippen LogP) is 2.03. The van der Waals surface area contributed by atoms with E-state index in [9.17, 15) is 18.3 Å². The molecule has 0 amide bonds. The van der Waals surface area contributed by atoms with E-state index < -0.39 is 21.4 Å². The minimum atomic E-state index is -3.78. The molecule has 7 heteroatoms. The number of carboxylic acids is 1. The first-order valence-corrected chi connectivity index (χ1v) is 8.77. The number of carbonyl (C=O) groups is 1. The first kappa shape index (κ1) is 15.9. The van der Waals surface area contributed by atoms with E-state index in [4.69, 9.17) is 0 Å². The fourth-order valence-electron chi connectivity index (χ4n) is 2.89. The molecule has 1 aliphatic heterocycles. The lowest BCUT2D eigenvalue weighted by atomic mass is 9.90. The van der Waals surface area contributed by atoms with Crippen LogP contribution in [0.3, 0.4) is 0 Å². The molecule has 1 N–H and O–H groups in total. The van der Waals surface area contributed by atoms with E-state index in [0.29, 0.717) is 11.9 Å². The topological polar surface area (TPSA) is 87.6 Å². The quantitative estimate of drug-likeness (QED) is 0.928. The van der Waals surface area contributed by atoms with Crippen molar-refractivity contribution < 1.29 is 18.3 Å². The lowest BCUT2D eigenvalue weighted by Crippen LogP contribution is -2.35.